The van der Waals surface area contributed by atoms with Gasteiger partial charge in [-0.3, -0.25) is 9.69 Å². The summed E-state index contributed by atoms with van der Waals surface area (Å²) in [5.74, 6) is 0.966. The van der Waals surface area contributed by atoms with Crippen LogP contribution in [0.2, 0.25) is 0 Å². The van der Waals surface area contributed by atoms with Crippen molar-refractivity contribution in [3.8, 4) is 5.75 Å². The van der Waals surface area contributed by atoms with E-state index in [0.29, 0.717) is 5.69 Å². The number of carbonyl (C=O) groups is 1. The molecular weight excluding hydrogens is 326 g/mol. The van der Waals surface area contributed by atoms with Crippen molar-refractivity contribution in [1.29, 1.82) is 0 Å². The van der Waals surface area contributed by atoms with Crippen LogP contribution >= 0.6 is 0 Å². The molecule has 0 unspecified atom stereocenters. The summed E-state index contributed by atoms with van der Waals surface area (Å²) in [6, 6.07) is 18.1. The van der Waals surface area contributed by atoms with Gasteiger partial charge >= 0.3 is 0 Å². The molecule has 5 heteroatoms. The van der Waals surface area contributed by atoms with Crippen molar-refractivity contribution in [2.45, 2.75) is 6.54 Å². The number of piperazine rings is 1. The van der Waals surface area contributed by atoms with Crippen LogP contribution in [-0.2, 0) is 6.54 Å². The molecule has 0 aliphatic carbocycles. The van der Waals surface area contributed by atoms with Gasteiger partial charge in [0.25, 0.3) is 5.91 Å². The van der Waals surface area contributed by atoms with E-state index in [4.69, 9.17) is 4.74 Å². The number of hydrogen-bond donors (Lipinski definition) is 1. The third kappa shape index (κ3) is 3.44. The number of H-pyrrole nitrogens is 1. The summed E-state index contributed by atoms with van der Waals surface area (Å²) in [5, 5.41) is 1.08. The summed E-state index contributed by atoms with van der Waals surface area (Å²) in [7, 11) is 1.68. The molecule has 134 valence electrons. The number of methoxy groups -OCH3 is 1. The van der Waals surface area contributed by atoms with Gasteiger partial charge in [-0.2, -0.15) is 0 Å². The molecule has 26 heavy (non-hydrogen) atoms. The van der Waals surface area contributed by atoms with Gasteiger partial charge in [-0.15, -0.1) is 0 Å². The van der Waals surface area contributed by atoms with Crippen LogP contribution in [-0.4, -0.2) is 54.0 Å². The Labute approximate surface area is 153 Å². The molecule has 0 radical (unpaired) electrons. The molecule has 2 heterocycles. The molecule has 0 atom stereocenters. The number of para-hydroxylation sites is 1. The molecule has 4 rings (SSSR count). The normalized spacial score (nSPS) is 15.3. The fourth-order valence-corrected chi connectivity index (χ4v) is 3.46. The average Bonchev–Trinajstić information content (AvgIpc) is 3.13. The first-order valence-electron chi connectivity index (χ1n) is 8.95. The lowest BCUT2D eigenvalue weighted by molar-refractivity contribution is 0.0623. The molecule has 0 spiro atoms. The Kier molecular flexibility index (Phi) is 4.63. The van der Waals surface area contributed by atoms with Crippen LogP contribution in [0.25, 0.3) is 10.9 Å². The van der Waals surface area contributed by atoms with E-state index >= 15 is 0 Å². The van der Waals surface area contributed by atoms with Crippen LogP contribution in [0.1, 0.15) is 16.1 Å². The summed E-state index contributed by atoms with van der Waals surface area (Å²) >= 11 is 0. The van der Waals surface area contributed by atoms with Crippen LogP contribution in [0.3, 0.4) is 0 Å². The maximum atomic E-state index is 12.8. The Morgan fingerprint density at radius 2 is 1.77 bits per heavy atom. The van der Waals surface area contributed by atoms with Crippen molar-refractivity contribution in [3.63, 3.8) is 0 Å². The van der Waals surface area contributed by atoms with Gasteiger partial charge in [0.15, 0.2) is 0 Å². The standard InChI is InChI=1S/C21H23N3O2/c1-26-18-8-6-16(7-9-18)15-23-10-12-24(13-11-23)21(25)20-14-17-4-2-3-5-19(17)22-20/h2-9,14,22H,10-13,15H2,1H3. The number of aromatic amines is 1. The SMILES string of the molecule is COc1ccc(CN2CCN(C(=O)c3cc4ccccc4[nH]3)CC2)cc1. The number of rotatable bonds is 4. The smallest absolute Gasteiger partial charge is 0.270 e. The van der Waals surface area contributed by atoms with Gasteiger partial charge in [-0.1, -0.05) is 30.3 Å². The monoisotopic (exact) mass is 349 g/mol. The van der Waals surface area contributed by atoms with Gasteiger partial charge in [0.1, 0.15) is 11.4 Å². The minimum Gasteiger partial charge on any atom is -0.497 e. The lowest BCUT2D eigenvalue weighted by atomic mass is 10.2. The molecular formula is C21H23N3O2. The zero-order valence-electron chi connectivity index (χ0n) is 14.9. The number of amides is 1. The Balaban J connectivity index is 1.35. The number of benzene rings is 2. The number of ether oxygens (including phenoxy) is 1. The van der Waals surface area contributed by atoms with Crippen molar-refractivity contribution in [2.75, 3.05) is 33.3 Å². The zero-order valence-corrected chi connectivity index (χ0v) is 14.9. The third-order valence-corrected chi connectivity index (χ3v) is 4.99. The molecule has 1 aliphatic heterocycles. The second-order valence-corrected chi connectivity index (χ2v) is 6.69. The number of aromatic nitrogens is 1. The van der Waals surface area contributed by atoms with Crippen LogP contribution in [0.15, 0.2) is 54.6 Å². The molecule has 0 bridgehead atoms. The van der Waals surface area contributed by atoms with Crippen LogP contribution in [0.4, 0.5) is 0 Å². The number of fused-ring (bicyclic) bond motifs is 1. The second kappa shape index (κ2) is 7.22. The lowest BCUT2D eigenvalue weighted by Crippen LogP contribution is -2.48. The minimum atomic E-state index is 0.0882. The molecule has 2 aromatic carbocycles. The van der Waals surface area contributed by atoms with E-state index in [2.05, 4.69) is 22.0 Å². The highest BCUT2D eigenvalue weighted by molar-refractivity contribution is 5.98. The van der Waals surface area contributed by atoms with Gasteiger partial charge < -0.3 is 14.6 Å². The summed E-state index contributed by atoms with van der Waals surface area (Å²) in [4.78, 5) is 20.3. The Morgan fingerprint density at radius 3 is 2.46 bits per heavy atom. The maximum absolute atomic E-state index is 12.8. The maximum Gasteiger partial charge on any atom is 0.270 e. The van der Waals surface area contributed by atoms with E-state index in [0.717, 1.165) is 49.4 Å². The average molecular weight is 349 g/mol. The first-order valence-corrected chi connectivity index (χ1v) is 8.95. The van der Waals surface area contributed by atoms with Crippen molar-refractivity contribution in [2.24, 2.45) is 0 Å². The van der Waals surface area contributed by atoms with E-state index in [9.17, 15) is 4.79 Å². The molecule has 1 amide bonds. The van der Waals surface area contributed by atoms with E-state index in [1.54, 1.807) is 7.11 Å². The zero-order chi connectivity index (χ0) is 17.9. The van der Waals surface area contributed by atoms with E-state index in [-0.39, 0.29) is 5.91 Å². The third-order valence-electron chi connectivity index (χ3n) is 4.99. The first kappa shape index (κ1) is 16.7. The van der Waals surface area contributed by atoms with Crippen molar-refractivity contribution in [3.05, 3.63) is 65.9 Å². The summed E-state index contributed by atoms with van der Waals surface area (Å²) in [6.07, 6.45) is 0. The molecule has 1 N–H and O–H groups in total. The highest BCUT2D eigenvalue weighted by atomic mass is 16.5. The minimum absolute atomic E-state index is 0.0882. The molecule has 1 fully saturated rings. The van der Waals surface area contributed by atoms with Crippen LogP contribution in [0.5, 0.6) is 5.75 Å². The van der Waals surface area contributed by atoms with Crippen molar-refractivity contribution < 1.29 is 9.53 Å². The number of carbonyl (C=O) groups excluding carboxylic acids is 1. The van der Waals surface area contributed by atoms with E-state index in [1.165, 1.54) is 5.56 Å². The van der Waals surface area contributed by atoms with Gasteiger partial charge in [-0.05, 0) is 29.8 Å². The molecule has 3 aromatic rings. The Bertz CT molecular complexity index is 860. The van der Waals surface area contributed by atoms with Gasteiger partial charge in [-0.25, -0.2) is 0 Å². The molecule has 0 saturated carbocycles. The Morgan fingerprint density at radius 1 is 1.04 bits per heavy atom. The molecule has 1 aromatic heterocycles. The fraction of sp³-hybridized carbons (Fsp3) is 0.286. The van der Waals surface area contributed by atoms with E-state index in [1.807, 2.05) is 47.4 Å². The predicted octanol–water partition coefficient (Wildman–Crippen LogP) is 3.13. The van der Waals surface area contributed by atoms with Gasteiger partial charge in [0.2, 0.25) is 0 Å². The Hall–Kier alpha value is -2.79. The first-order chi connectivity index (χ1) is 12.7. The topological polar surface area (TPSA) is 48.6 Å². The summed E-state index contributed by atoms with van der Waals surface area (Å²) < 4.78 is 5.20. The van der Waals surface area contributed by atoms with Crippen LogP contribution in [0, 0.1) is 0 Å². The van der Waals surface area contributed by atoms with E-state index < -0.39 is 0 Å². The summed E-state index contributed by atoms with van der Waals surface area (Å²) in [5.41, 5.74) is 2.95. The highest BCUT2D eigenvalue weighted by Gasteiger charge is 2.23. The number of hydrogen-bond acceptors (Lipinski definition) is 3. The lowest BCUT2D eigenvalue weighted by Gasteiger charge is -2.34. The molecule has 5 nitrogen and oxygen atoms in total. The van der Waals surface area contributed by atoms with Crippen molar-refractivity contribution >= 4 is 16.8 Å². The van der Waals surface area contributed by atoms with Crippen molar-refractivity contribution in [1.82, 2.24) is 14.8 Å². The highest BCUT2D eigenvalue weighted by Crippen LogP contribution is 2.18. The predicted molar refractivity (Wildman–Crippen MR) is 102 cm³/mol. The largest absolute Gasteiger partial charge is 0.497 e. The van der Waals surface area contributed by atoms with Crippen LogP contribution < -0.4 is 4.74 Å². The van der Waals surface area contributed by atoms with Gasteiger partial charge in [0, 0.05) is 43.6 Å². The molecule has 1 saturated heterocycles. The fourth-order valence-electron chi connectivity index (χ4n) is 3.46. The number of nitrogens with one attached hydrogen (secondary N) is 1. The second-order valence-electron chi connectivity index (χ2n) is 6.69. The number of nitrogens with zero attached hydrogens (tertiary/aromatic N) is 2. The summed E-state index contributed by atoms with van der Waals surface area (Å²) in [6.45, 7) is 4.18. The molecule has 1 aliphatic rings. The van der Waals surface area contributed by atoms with Gasteiger partial charge in [0.05, 0.1) is 7.11 Å². The quantitative estimate of drug-likeness (QED) is 0.787.